The number of fused-ring (bicyclic) bond motifs is 2. The Kier molecular flexibility index (Phi) is 2.61. The molecule has 3 heterocycles. The molecule has 2 unspecified atom stereocenters. The number of hydrogen-bond acceptors (Lipinski definition) is 4. The summed E-state index contributed by atoms with van der Waals surface area (Å²) in [6.07, 6.45) is 1.19. The first-order valence-corrected chi connectivity index (χ1v) is 6.61. The molecule has 0 radical (unpaired) electrons. The first-order chi connectivity index (χ1) is 8.26. The maximum atomic E-state index is 12.0. The van der Waals surface area contributed by atoms with Crippen molar-refractivity contribution in [3.63, 3.8) is 0 Å². The number of piperidine rings is 1. The first-order valence-electron chi connectivity index (χ1n) is 5.79. The van der Waals surface area contributed by atoms with E-state index in [0.717, 1.165) is 13.1 Å². The van der Waals surface area contributed by atoms with E-state index in [1.165, 1.54) is 24.3 Å². The van der Waals surface area contributed by atoms with E-state index in [1.807, 2.05) is 0 Å². The van der Waals surface area contributed by atoms with Gasteiger partial charge in [0, 0.05) is 19.1 Å². The average molecular weight is 247 g/mol. The lowest BCUT2D eigenvalue weighted by Crippen LogP contribution is -2.42. The van der Waals surface area contributed by atoms with Crippen LogP contribution in [0.4, 0.5) is 0 Å². The minimum Gasteiger partial charge on any atom is -0.347 e. The number of carbonyl (C=O) groups is 1. The first kappa shape index (κ1) is 10.8. The number of nitrogens with zero attached hydrogens (tertiary/aromatic N) is 2. The molecule has 2 bridgehead atoms. The molecule has 1 amide bonds. The van der Waals surface area contributed by atoms with E-state index in [2.05, 4.69) is 16.3 Å². The van der Waals surface area contributed by atoms with Crippen LogP contribution in [0.3, 0.4) is 0 Å². The molecule has 0 aromatic carbocycles. The molecule has 0 spiro atoms. The van der Waals surface area contributed by atoms with Crippen LogP contribution >= 0.6 is 11.3 Å². The maximum absolute atomic E-state index is 12.0. The van der Waals surface area contributed by atoms with Crippen LogP contribution in [0.1, 0.15) is 21.0 Å². The van der Waals surface area contributed by atoms with Crippen molar-refractivity contribution in [3.8, 4) is 6.07 Å². The van der Waals surface area contributed by atoms with Gasteiger partial charge >= 0.3 is 0 Å². The van der Waals surface area contributed by atoms with E-state index in [0.29, 0.717) is 21.7 Å². The highest BCUT2D eigenvalue weighted by atomic mass is 32.1. The van der Waals surface area contributed by atoms with E-state index >= 15 is 0 Å². The van der Waals surface area contributed by atoms with Crippen molar-refractivity contribution in [1.29, 1.82) is 5.26 Å². The molecular formula is C12H13N3OS. The lowest BCUT2D eigenvalue weighted by molar-refractivity contribution is 0.0928. The third-order valence-corrected chi connectivity index (χ3v) is 4.58. The summed E-state index contributed by atoms with van der Waals surface area (Å²) in [6.45, 7) is 3.28. The summed E-state index contributed by atoms with van der Waals surface area (Å²) in [5.74, 6) is 0.588. The van der Waals surface area contributed by atoms with E-state index in [-0.39, 0.29) is 5.91 Å². The zero-order valence-electron chi connectivity index (χ0n) is 9.35. The summed E-state index contributed by atoms with van der Waals surface area (Å²) >= 11 is 1.26. The van der Waals surface area contributed by atoms with Crippen LogP contribution in [-0.2, 0) is 0 Å². The van der Waals surface area contributed by atoms with Crippen molar-refractivity contribution in [2.24, 2.45) is 5.92 Å². The third-order valence-electron chi connectivity index (χ3n) is 3.59. The molecule has 17 heavy (non-hydrogen) atoms. The van der Waals surface area contributed by atoms with Crippen LogP contribution in [0, 0.1) is 17.2 Å². The fraction of sp³-hybridized carbons (Fsp3) is 0.500. The monoisotopic (exact) mass is 247 g/mol. The molecule has 88 valence electrons. The smallest absolute Gasteiger partial charge is 0.261 e. The molecular weight excluding hydrogens is 234 g/mol. The zero-order chi connectivity index (χ0) is 11.8. The molecule has 0 aliphatic carbocycles. The van der Waals surface area contributed by atoms with Crippen LogP contribution in [0.2, 0.25) is 0 Å². The summed E-state index contributed by atoms with van der Waals surface area (Å²) in [4.78, 5) is 15.6. The number of carbonyl (C=O) groups excluding carboxylic acids is 1. The van der Waals surface area contributed by atoms with Gasteiger partial charge < -0.3 is 10.2 Å². The van der Waals surface area contributed by atoms with Crippen LogP contribution < -0.4 is 5.32 Å². The fourth-order valence-electron chi connectivity index (χ4n) is 2.71. The molecule has 1 N–H and O–H groups in total. The second-order valence-electron chi connectivity index (χ2n) is 4.66. The average Bonchev–Trinajstić information content (AvgIpc) is 3.04. The molecule has 1 aromatic heterocycles. The molecule has 2 aliphatic heterocycles. The Morgan fingerprint density at radius 1 is 1.53 bits per heavy atom. The van der Waals surface area contributed by atoms with E-state index in [9.17, 15) is 4.79 Å². The molecule has 5 heteroatoms. The number of nitrogens with one attached hydrogen (secondary N) is 1. The van der Waals surface area contributed by atoms with Crippen LogP contribution in [-0.4, -0.2) is 36.5 Å². The third kappa shape index (κ3) is 1.94. The second kappa shape index (κ2) is 4.13. The molecule has 0 saturated carbocycles. The van der Waals surface area contributed by atoms with Crippen molar-refractivity contribution in [2.45, 2.75) is 12.5 Å². The topological polar surface area (TPSA) is 56.1 Å². The van der Waals surface area contributed by atoms with Crippen LogP contribution in [0.25, 0.3) is 0 Å². The van der Waals surface area contributed by atoms with Gasteiger partial charge in [-0.2, -0.15) is 5.26 Å². The Morgan fingerprint density at radius 3 is 3.00 bits per heavy atom. The number of rotatable bonds is 2. The zero-order valence-corrected chi connectivity index (χ0v) is 10.2. The molecule has 4 nitrogen and oxygen atoms in total. The van der Waals surface area contributed by atoms with Gasteiger partial charge in [0.15, 0.2) is 0 Å². The van der Waals surface area contributed by atoms with Crippen LogP contribution in [0.5, 0.6) is 0 Å². The van der Waals surface area contributed by atoms with Gasteiger partial charge in [-0.1, -0.05) is 0 Å². The van der Waals surface area contributed by atoms with E-state index < -0.39 is 0 Å². The summed E-state index contributed by atoms with van der Waals surface area (Å²) < 4.78 is 0. The highest BCUT2D eigenvalue weighted by Crippen LogP contribution is 2.28. The van der Waals surface area contributed by atoms with Crippen molar-refractivity contribution >= 4 is 17.2 Å². The predicted molar refractivity (Wildman–Crippen MR) is 64.8 cm³/mol. The SMILES string of the molecule is N#Cc1ccc(C(=O)NC2CN3CC[C@H]2C3)s1. The van der Waals surface area contributed by atoms with Crippen molar-refractivity contribution in [1.82, 2.24) is 10.2 Å². The highest BCUT2D eigenvalue weighted by Gasteiger charge is 2.38. The molecule has 2 aliphatic rings. The van der Waals surface area contributed by atoms with E-state index in [4.69, 9.17) is 5.26 Å². The summed E-state index contributed by atoms with van der Waals surface area (Å²) in [5, 5.41) is 11.8. The van der Waals surface area contributed by atoms with Crippen LogP contribution in [0.15, 0.2) is 12.1 Å². The number of thiophene rings is 1. The van der Waals surface area contributed by atoms with E-state index in [1.54, 1.807) is 12.1 Å². The lowest BCUT2D eigenvalue weighted by atomic mass is 10.00. The quantitative estimate of drug-likeness (QED) is 0.850. The van der Waals surface area contributed by atoms with Gasteiger partial charge in [-0.05, 0) is 31.0 Å². The molecule has 2 saturated heterocycles. The van der Waals surface area contributed by atoms with Gasteiger partial charge in [0.2, 0.25) is 0 Å². The number of amides is 1. The minimum absolute atomic E-state index is 0.0322. The van der Waals surface area contributed by atoms with Gasteiger partial charge in [0.05, 0.1) is 4.88 Å². The highest BCUT2D eigenvalue weighted by molar-refractivity contribution is 7.14. The van der Waals surface area contributed by atoms with Crippen molar-refractivity contribution in [3.05, 3.63) is 21.9 Å². The second-order valence-corrected chi connectivity index (χ2v) is 5.75. The Labute approximate surface area is 104 Å². The van der Waals surface area contributed by atoms with Crippen molar-refractivity contribution in [2.75, 3.05) is 19.6 Å². The summed E-state index contributed by atoms with van der Waals surface area (Å²) in [6, 6.07) is 5.77. The molecule has 3 rings (SSSR count). The normalized spacial score (nSPS) is 30.2. The molecule has 2 fully saturated rings. The lowest BCUT2D eigenvalue weighted by Gasteiger charge is -2.22. The Balaban J connectivity index is 1.66. The number of hydrogen-bond donors (Lipinski definition) is 1. The van der Waals surface area contributed by atoms with Gasteiger partial charge in [-0.15, -0.1) is 11.3 Å². The molecule has 1 aromatic rings. The predicted octanol–water partition coefficient (Wildman–Crippen LogP) is 1.05. The van der Waals surface area contributed by atoms with Gasteiger partial charge in [-0.25, -0.2) is 0 Å². The van der Waals surface area contributed by atoms with Gasteiger partial charge in [-0.3, -0.25) is 4.79 Å². The Morgan fingerprint density at radius 2 is 2.41 bits per heavy atom. The van der Waals surface area contributed by atoms with Crippen molar-refractivity contribution < 1.29 is 4.79 Å². The summed E-state index contributed by atoms with van der Waals surface area (Å²) in [7, 11) is 0. The summed E-state index contributed by atoms with van der Waals surface area (Å²) in [5.41, 5.74) is 0. The molecule has 3 atom stereocenters. The maximum Gasteiger partial charge on any atom is 0.261 e. The Hall–Kier alpha value is -1.38. The fourth-order valence-corrected chi connectivity index (χ4v) is 3.41. The van der Waals surface area contributed by atoms with Gasteiger partial charge in [0.1, 0.15) is 10.9 Å². The number of nitriles is 1. The Bertz CT molecular complexity index is 490. The minimum atomic E-state index is -0.0322. The van der Waals surface area contributed by atoms with Gasteiger partial charge in [0.25, 0.3) is 5.91 Å². The largest absolute Gasteiger partial charge is 0.347 e. The standard InChI is InChI=1S/C12H13N3OS/c13-5-9-1-2-11(17-9)12(16)14-10-7-15-4-3-8(10)6-15/h1-2,8,10H,3-4,6-7H2,(H,14,16)/t8-,10?/m0/s1.